The average molecular weight is 567 g/mol. The molecule has 0 saturated carbocycles. The molecule has 0 fully saturated rings. The molecule has 4 aromatic rings. The van der Waals surface area contributed by atoms with Crippen LogP contribution in [0.5, 0.6) is 5.75 Å². The summed E-state index contributed by atoms with van der Waals surface area (Å²) in [5, 5.41) is 3.59. The molecule has 0 bridgehead atoms. The van der Waals surface area contributed by atoms with Crippen LogP contribution in [0.15, 0.2) is 113 Å². The zero-order valence-electron chi connectivity index (χ0n) is 20.7. The van der Waals surface area contributed by atoms with Gasteiger partial charge in [0.15, 0.2) is 0 Å². The summed E-state index contributed by atoms with van der Waals surface area (Å²) in [7, 11) is -2.49. The molecule has 38 heavy (non-hydrogen) atoms. The summed E-state index contributed by atoms with van der Waals surface area (Å²) in [4.78, 5) is 14.4. The van der Waals surface area contributed by atoms with E-state index in [4.69, 9.17) is 16.3 Å². The standard InChI is InChI=1S/C29H27ClN2O4S2/c1-36-24-13-17-26(18-14-24)38(34,35)32(21-22-7-3-2-4-8-22)28-10-6-5-9-27(28)29(33)31-19-20-37-25-15-11-23(30)12-16-25/h2-18H,19-21H2,1H3,(H,31,33). The van der Waals surface area contributed by atoms with E-state index in [9.17, 15) is 13.2 Å². The second-order valence-electron chi connectivity index (χ2n) is 8.25. The predicted octanol–water partition coefficient (Wildman–Crippen LogP) is 6.27. The summed E-state index contributed by atoms with van der Waals surface area (Å²) in [6.07, 6.45) is 0. The van der Waals surface area contributed by atoms with Gasteiger partial charge in [0.1, 0.15) is 5.75 Å². The first-order valence-corrected chi connectivity index (χ1v) is 14.6. The lowest BCUT2D eigenvalue weighted by atomic mass is 10.1. The highest BCUT2D eigenvalue weighted by Gasteiger charge is 2.28. The number of para-hydroxylation sites is 1. The molecule has 0 aromatic heterocycles. The van der Waals surface area contributed by atoms with Crippen LogP contribution in [0, 0.1) is 0 Å². The van der Waals surface area contributed by atoms with Crippen molar-refractivity contribution in [2.75, 3.05) is 23.7 Å². The molecular weight excluding hydrogens is 540 g/mol. The van der Waals surface area contributed by atoms with E-state index in [2.05, 4.69) is 5.32 Å². The van der Waals surface area contributed by atoms with Crippen molar-refractivity contribution < 1.29 is 17.9 Å². The highest BCUT2D eigenvalue weighted by molar-refractivity contribution is 7.99. The van der Waals surface area contributed by atoms with Crippen molar-refractivity contribution in [1.82, 2.24) is 5.32 Å². The first-order chi connectivity index (χ1) is 18.4. The number of methoxy groups -OCH3 is 1. The lowest BCUT2D eigenvalue weighted by molar-refractivity contribution is 0.0957. The monoisotopic (exact) mass is 566 g/mol. The number of thioether (sulfide) groups is 1. The summed E-state index contributed by atoms with van der Waals surface area (Å²) in [6, 6.07) is 29.7. The number of hydrogen-bond acceptors (Lipinski definition) is 5. The van der Waals surface area contributed by atoms with E-state index in [0.717, 1.165) is 10.5 Å². The van der Waals surface area contributed by atoms with Crippen molar-refractivity contribution in [2.45, 2.75) is 16.3 Å². The number of anilines is 1. The molecule has 6 nitrogen and oxygen atoms in total. The van der Waals surface area contributed by atoms with E-state index in [1.54, 1.807) is 48.2 Å². The van der Waals surface area contributed by atoms with Crippen LogP contribution in [0.4, 0.5) is 5.69 Å². The third kappa shape index (κ3) is 6.89. The molecule has 0 atom stereocenters. The van der Waals surface area contributed by atoms with Crippen LogP contribution in [0.25, 0.3) is 0 Å². The van der Waals surface area contributed by atoms with E-state index in [-0.39, 0.29) is 22.9 Å². The average Bonchev–Trinajstić information content (AvgIpc) is 2.95. The third-order valence-electron chi connectivity index (χ3n) is 5.70. The summed E-state index contributed by atoms with van der Waals surface area (Å²) >= 11 is 7.53. The Balaban J connectivity index is 1.59. The second kappa shape index (κ2) is 12.9. The van der Waals surface area contributed by atoms with Gasteiger partial charge in [0.2, 0.25) is 0 Å². The normalized spacial score (nSPS) is 11.1. The number of nitrogens with one attached hydrogen (secondary N) is 1. The molecule has 0 radical (unpaired) electrons. The highest BCUT2D eigenvalue weighted by atomic mass is 35.5. The van der Waals surface area contributed by atoms with Crippen molar-refractivity contribution in [3.05, 3.63) is 119 Å². The Labute approximate surface area is 232 Å². The first kappa shape index (κ1) is 27.6. The lowest BCUT2D eigenvalue weighted by Crippen LogP contribution is -2.34. The predicted molar refractivity (Wildman–Crippen MR) is 154 cm³/mol. The van der Waals surface area contributed by atoms with Gasteiger partial charge in [-0.25, -0.2) is 8.42 Å². The highest BCUT2D eigenvalue weighted by Crippen LogP contribution is 2.30. The van der Waals surface area contributed by atoms with E-state index >= 15 is 0 Å². The molecule has 0 unspecified atom stereocenters. The van der Waals surface area contributed by atoms with Gasteiger partial charge in [0.25, 0.3) is 15.9 Å². The minimum Gasteiger partial charge on any atom is -0.497 e. The first-order valence-electron chi connectivity index (χ1n) is 11.8. The molecule has 0 aliphatic heterocycles. The Morgan fingerprint density at radius 3 is 2.24 bits per heavy atom. The molecule has 0 aliphatic rings. The lowest BCUT2D eigenvalue weighted by Gasteiger charge is -2.26. The van der Waals surface area contributed by atoms with Crippen LogP contribution in [0.3, 0.4) is 0 Å². The Kier molecular flexibility index (Phi) is 9.33. The number of nitrogens with zero attached hydrogens (tertiary/aromatic N) is 1. The largest absolute Gasteiger partial charge is 0.497 e. The number of amides is 1. The smallest absolute Gasteiger partial charge is 0.264 e. The number of carbonyl (C=O) groups is 1. The Bertz CT molecular complexity index is 1460. The number of ether oxygens (including phenoxy) is 1. The van der Waals surface area contributed by atoms with Crippen molar-refractivity contribution in [1.29, 1.82) is 0 Å². The fourth-order valence-electron chi connectivity index (χ4n) is 3.77. The molecule has 1 amide bonds. The fraction of sp³-hybridized carbons (Fsp3) is 0.138. The van der Waals surface area contributed by atoms with Gasteiger partial charge >= 0.3 is 0 Å². The molecule has 4 aromatic carbocycles. The minimum absolute atomic E-state index is 0.0614. The third-order valence-corrected chi connectivity index (χ3v) is 8.74. The zero-order valence-corrected chi connectivity index (χ0v) is 23.1. The van der Waals surface area contributed by atoms with Crippen LogP contribution in [-0.2, 0) is 16.6 Å². The van der Waals surface area contributed by atoms with Crippen LogP contribution < -0.4 is 14.4 Å². The summed E-state index contributed by atoms with van der Waals surface area (Å²) in [5.41, 5.74) is 1.37. The number of hydrogen-bond donors (Lipinski definition) is 1. The van der Waals surface area contributed by atoms with E-state index in [1.165, 1.54) is 23.5 Å². The maximum atomic E-state index is 13.9. The Morgan fingerprint density at radius 2 is 1.55 bits per heavy atom. The minimum atomic E-state index is -4.02. The van der Waals surface area contributed by atoms with Gasteiger partial charge in [-0.1, -0.05) is 54.1 Å². The molecule has 0 spiro atoms. The van der Waals surface area contributed by atoms with Crippen LogP contribution in [0.2, 0.25) is 5.02 Å². The van der Waals surface area contributed by atoms with Crippen molar-refractivity contribution in [3.8, 4) is 5.75 Å². The topological polar surface area (TPSA) is 75.7 Å². The molecule has 196 valence electrons. The van der Waals surface area contributed by atoms with Gasteiger partial charge in [0.05, 0.1) is 29.8 Å². The molecule has 4 rings (SSSR count). The Morgan fingerprint density at radius 1 is 0.895 bits per heavy atom. The molecule has 0 heterocycles. The fourth-order valence-corrected chi connectivity index (χ4v) is 6.13. The van der Waals surface area contributed by atoms with E-state index in [0.29, 0.717) is 28.8 Å². The molecule has 1 N–H and O–H groups in total. The van der Waals surface area contributed by atoms with E-state index < -0.39 is 10.0 Å². The zero-order chi connectivity index (χ0) is 27.0. The van der Waals surface area contributed by atoms with Gasteiger partial charge < -0.3 is 10.1 Å². The SMILES string of the molecule is COc1ccc(S(=O)(=O)N(Cc2ccccc2)c2ccccc2C(=O)NCCSc2ccc(Cl)cc2)cc1. The number of rotatable bonds is 11. The van der Waals surface area contributed by atoms with Gasteiger partial charge in [0, 0.05) is 22.2 Å². The van der Waals surface area contributed by atoms with Crippen molar-refractivity contribution in [3.63, 3.8) is 0 Å². The molecule has 9 heteroatoms. The molecule has 0 aliphatic carbocycles. The van der Waals surface area contributed by atoms with Crippen molar-refractivity contribution in [2.24, 2.45) is 0 Å². The number of carbonyl (C=O) groups excluding carboxylic acids is 1. The van der Waals surface area contributed by atoms with Gasteiger partial charge in [-0.3, -0.25) is 9.10 Å². The Hall–Kier alpha value is -3.46. The molecule has 0 saturated heterocycles. The maximum absolute atomic E-state index is 13.9. The summed E-state index contributed by atoms with van der Waals surface area (Å²) in [6.45, 7) is 0.469. The number of benzene rings is 4. The van der Waals surface area contributed by atoms with Crippen molar-refractivity contribution >= 4 is 45.0 Å². The maximum Gasteiger partial charge on any atom is 0.264 e. The van der Waals surface area contributed by atoms with Crippen LogP contribution in [-0.4, -0.2) is 33.7 Å². The number of halogens is 1. The second-order valence-corrected chi connectivity index (χ2v) is 11.7. The van der Waals surface area contributed by atoms with Crippen LogP contribution in [0.1, 0.15) is 15.9 Å². The van der Waals surface area contributed by atoms with Gasteiger partial charge in [-0.05, 0) is 66.2 Å². The van der Waals surface area contributed by atoms with E-state index in [1.807, 2.05) is 54.6 Å². The van der Waals surface area contributed by atoms with Gasteiger partial charge in [-0.2, -0.15) is 0 Å². The summed E-state index contributed by atoms with van der Waals surface area (Å²) < 4.78 is 34.3. The molecular formula is C29H27ClN2O4S2. The van der Waals surface area contributed by atoms with Crippen LogP contribution >= 0.6 is 23.4 Å². The summed E-state index contributed by atoms with van der Waals surface area (Å²) in [5.74, 6) is 0.850. The number of sulfonamides is 1. The quantitative estimate of drug-likeness (QED) is 0.171. The van der Waals surface area contributed by atoms with Gasteiger partial charge in [-0.15, -0.1) is 11.8 Å².